The Hall–Kier alpha value is -1.65. The lowest BCUT2D eigenvalue weighted by molar-refractivity contribution is 0.588. The van der Waals surface area contributed by atoms with Gasteiger partial charge in [0.25, 0.3) is 5.78 Å². The largest absolute Gasteiger partial charge is 0.383 e. The fourth-order valence-electron chi connectivity index (χ4n) is 2.93. The highest BCUT2D eigenvalue weighted by molar-refractivity contribution is 5.49. The molecule has 2 aromatic rings. The van der Waals surface area contributed by atoms with Gasteiger partial charge in [0.15, 0.2) is 0 Å². The molecule has 122 valence electrons. The Labute approximate surface area is 133 Å². The zero-order chi connectivity index (χ0) is 15.9. The van der Waals surface area contributed by atoms with Crippen molar-refractivity contribution in [1.82, 2.24) is 19.6 Å². The van der Waals surface area contributed by atoms with E-state index in [1.165, 1.54) is 44.9 Å². The molecular formula is C17H29N5. The van der Waals surface area contributed by atoms with Gasteiger partial charge < -0.3 is 5.73 Å². The summed E-state index contributed by atoms with van der Waals surface area (Å²) in [6.07, 6.45) is 11.0. The predicted octanol–water partition coefficient (Wildman–Crippen LogP) is 3.87. The van der Waals surface area contributed by atoms with Crippen LogP contribution in [0.3, 0.4) is 0 Å². The molecule has 0 saturated carbocycles. The summed E-state index contributed by atoms with van der Waals surface area (Å²) in [4.78, 5) is 8.95. The summed E-state index contributed by atoms with van der Waals surface area (Å²) in [5.41, 5.74) is 8.54. The van der Waals surface area contributed by atoms with Crippen LogP contribution in [-0.2, 0) is 12.8 Å². The first-order chi connectivity index (χ1) is 10.7. The van der Waals surface area contributed by atoms with Crippen molar-refractivity contribution in [2.24, 2.45) is 0 Å². The number of rotatable bonds is 9. The monoisotopic (exact) mass is 303 g/mol. The molecule has 0 aromatic carbocycles. The number of nitrogens with two attached hydrogens (primary N) is 1. The van der Waals surface area contributed by atoms with Crippen LogP contribution in [0.25, 0.3) is 5.78 Å². The molecule has 0 spiro atoms. The first-order valence-corrected chi connectivity index (χ1v) is 8.68. The van der Waals surface area contributed by atoms with Crippen LogP contribution in [-0.4, -0.2) is 19.6 Å². The highest BCUT2D eigenvalue weighted by atomic mass is 15.4. The maximum absolute atomic E-state index is 6.31. The zero-order valence-corrected chi connectivity index (χ0v) is 14.2. The second kappa shape index (κ2) is 8.11. The molecule has 2 N–H and O–H groups in total. The summed E-state index contributed by atoms with van der Waals surface area (Å²) in [6.45, 7) is 6.25. The maximum Gasteiger partial charge on any atom is 0.254 e. The van der Waals surface area contributed by atoms with E-state index in [0.717, 1.165) is 24.1 Å². The first-order valence-electron chi connectivity index (χ1n) is 8.68. The van der Waals surface area contributed by atoms with Crippen molar-refractivity contribution in [2.45, 2.75) is 78.6 Å². The summed E-state index contributed by atoms with van der Waals surface area (Å²) in [5, 5.41) is 4.34. The predicted molar refractivity (Wildman–Crippen MR) is 91.0 cm³/mol. The molecule has 0 aliphatic carbocycles. The molecule has 2 aromatic heterocycles. The van der Waals surface area contributed by atoms with Crippen molar-refractivity contribution in [3.8, 4) is 0 Å². The van der Waals surface area contributed by atoms with Crippen LogP contribution in [0, 0.1) is 6.92 Å². The number of unbranched alkanes of at least 4 members (excludes halogenated alkanes) is 6. The van der Waals surface area contributed by atoms with Crippen LogP contribution in [0.1, 0.15) is 75.9 Å². The Morgan fingerprint density at radius 3 is 2.32 bits per heavy atom. The van der Waals surface area contributed by atoms with Crippen molar-refractivity contribution in [3.63, 3.8) is 0 Å². The Balaban J connectivity index is 1.99. The Morgan fingerprint density at radius 2 is 1.64 bits per heavy atom. The van der Waals surface area contributed by atoms with Crippen LogP contribution in [0.4, 0.5) is 5.82 Å². The van der Waals surface area contributed by atoms with Gasteiger partial charge in [0.2, 0.25) is 0 Å². The Bertz CT molecular complexity index is 603. The fraction of sp³-hybridized carbons (Fsp3) is 0.706. The third-order valence-electron chi connectivity index (χ3n) is 4.18. The van der Waals surface area contributed by atoms with Gasteiger partial charge in [0.1, 0.15) is 11.6 Å². The van der Waals surface area contributed by atoms with Crippen LogP contribution in [0.15, 0.2) is 0 Å². The van der Waals surface area contributed by atoms with Crippen LogP contribution in [0.5, 0.6) is 0 Å². The van der Waals surface area contributed by atoms with Gasteiger partial charge in [0, 0.05) is 5.56 Å². The van der Waals surface area contributed by atoms with E-state index in [2.05, 4.69) is 28.9 Å². The van der Waals surface area contributed by atoms with Crippen molar-refractivity contribution in [1.29, 1.82) is 0 Å². The third kappa shape index (κ3) is 3.96. The van der Waals surface area contributed by atoms with Gasteiger partial charge in [0.05, 0.1) is 5.69 Å². The fourth-order valence-corrected chi connectivity index (χ4v) is 2.93. The molecule has 0 aliphatic rings. The molecule has 5 nitrogen and oxygen atoms in total. The zero-order valence-electron chi connectivity index (χ0n) is 14.2. The van der Waals surface area contributed by atoms with E-state index >= 15 is 0 Å². The lowest BCUT2D eigenvalue weighted by atomic mass is 10.0. The second-order valence-electron chi connectivity index (χ2n) is 6.02. The van der Waals surface area contributed by atoms with Gasteiger partial charge in [-0.1, -0.05) is 52.4 Å². The number of aryl methyl sites for hydroxylation is 2. The molecule has 0 unspecified atom stereocenters. The standard InChI is InChI=1S/C17H29N5/c1-4-6-7-8-9-10-11-12-14-15(5-2)20-17-19-13(3)21-22(17)16(14)18/h4-12,18H2,1-3H3. The quantitative estimate of drug-likeness (QED) is 0.714. The number of hydrogen-bond acceptors (Lipinski definition) is 4. The van der Waals surface area contributed by atoms with Crippen LogP contribution in [0.2, 0.25) is 0 Å². The number of nitrogen functional groups attached to an aromatic ring is 1. The number of hydrogen-bond donors (Lipinski definition) is 1. The summed E-state index contributed by atoms with van der Waals surface area (Å²) in [5.74, 6) is 2.05. The smallest absolute Gasteiger partial charge is 0.254 e. The van der Waals surface area contributed by atoms with Crippen molar-refractivity contribution in [3.05, 3.63) is 17.1 Å². The highest BCUT2D eigenvalue weighted by Crippen LogP contribution is 2.20. The molecule has 2 rings (SSSR count). The number of fused-ring (bicyclic) bond motifs is 1. The van der Waals surface area contributed by atoms with Gasteiger partial charge in [-0.2, -0.15) is 9.50 Å². The van der Waals surface area contributed by atoms with Gasteiger partial charge in [-0.05, 0) is 26.2 Å². The Kier molecular flexibility index (Phi) is 6.16. The molecule has 0 aliphatic heterocycles. The first kappa shape index (κ1) is 16.7. The minimum Gasteiger partial charge on any atom is -0.383 e. The van der Waals surface area contributed by atoms with E-state index in [4.69, 9.17) is 5.73 Å². The van der Waals surface area contributed by atoms with E-state index < -0.39 is 0 Å². The van der Waals surface area contributed by atoms with E-state index in [9.17, 15) is 0 Å². The lowest BCUT2D eigenvalue weighted by Crippen LogP contribution is -2.10. The normalized spacial score (nSPS) is 11.4. The van der Waals surface area contributed by atoms with Crippen molar-refractivity contribution < 1.29 is 0 Å². The summed E-state index contributed by atoms with van der Waals surface area (Å²) < 4.78 is 1.69. The van der Waals surface area contributed by atoms with Gasteiger partial charge in [-0.15, -0.1) is 5.10 Å². The summed E-state index contributed by atoms with van der Waals surface area (Å²) in [6, 6.07) is 0. The van der Waals surface area contributed by atoms with Crippen LogP contribution >= 0.6 is 0 Å². The number of aromatic nitrogens is 4. The van der Waals surface area contributed by atoms with Gasteiger partial charge >= 0.3 is 0 Å². The van der Waals surface area contributed by atoms with Crippen LogP contribution < -0.4 is 5.73 Å². The molecule has 0 radical (unpaired) electrons. The number of anilines is 1. The molecule has 2 heterocycles. The third-order valence-corrected chi connectivity index (χ3v) is 4.18. The molecular weight excluding hydrogens is 274 g/mol. The molecule has 0 amide bonds. The lowest BCUT2D eigenvalue weighted by Gasteiger charge is -2.11. The van der Waals surface area contributed by atoms with Gasteiger partial charge in [-0.25, -0.2) is 4.98 Å². The summed E-state index contributed by atoms with van der Waals surface area (Å²) >= 11 is 0. The number of nitrogens with zero attached hydrogens (tertiary/aromatic N) is 4. The van der Waals surface area contributed by atoms with Crippen molar-refractivity contribution in [2.75, 3.05) is 5.73 Å². The average molecular weight is 303 g/mol. The molecule has 0 fully saturated rings. The van der Waals surface area contributed by atoms with Gasteiger partial charge in [-0.3, -0.25) is 0 Å². The van der Waals surface area contributed by atoms with E-state index in [1.54, 1.807) is 4.52 Å². The molecule has 22 heavy (non-hydrogen) atoms. The maximum atomic E-state index is 6.31. The highest BCUT2D eigenvalue weighted by Gasteiger charge is 2.14. The molecule has 5 heteroatoms. The second-order valence-corrected chi connectivity index (χ2v) is 6.02. The van der Waals surface area contributed by atoms with E-state index in [-0.39, 0.29) is 0 Å². The molecule has 0 atom stereocenters. The average Bonchev–Trinajstić information content (AvgIpc) is 2.88. The van der Waals surface area contributed by atoms with Crippen molar-refractivity contribution >= 4 is 11.6 Å². The van der Waals surface area contributed by atoms with E-state index in [0.29, 0.717) is 17.4 Å². The topological polar surface area (TPSA) is 69.1 Å². The minimum absolute atomic E-state index is 0.621. The minimum atomic E-state index is 0.621. The van der Waals surface area contributed by atoms with E-state index in [1.807, 2.05) is 6.92 Å². The molecule has 0 bridgehead atoms. The SMILES string of the molecule is CCCCCCCCCc1c(CC)nc2nc(C)nn2c1N. The summed E-state index contributed by atoms with van der Waals surface area (Å²) in [7, 11) is 0. The molecule has 0 saturated heterocycles. The Morgan fingerprint density at radius 1 is 0.955 bits per heavy atom.